The number of nitrogens with one attached hydrogen (secondary N) is 1. The van der Waals surface area contributed by atoms with E-state index in [-0.39, 0.29) is 5.91 Å². The van der Waals surface area contributed by atoms with Crippen LogP contribution in [0, 0.1) is 6.92 Å². The average molecular weight is 275 g/mol. The van der Waals surface area contributed by atoms with Crippen molar-refractivity contribution in [1.29, 1.82) is 0 Å². The molecule has 1 heterocycles. The van der Waals surface area contributed by atoms with Crippen LogP contribution in [0.25, 0.3) is 0 Å². The molecule has 110 valence electrons. The fraction of sp³-hybridized carbons (Fsp3) is 0.625. The molecule has 4 nitrogen and oxygen atoms in total. The smallest absolute Gasteiger partial charge is 0.257 e. The number of aromatic nitrogens is 1. The Balaban J connectivity index is 2.18. The van der Waals surface area contributed by atoms with Gasteiger partial charge in [0.15, 0.2) is 0 Å². The van der Waals surface area contributed by atoms with Crippen molar-refractivity contribution in [2.75, 3.05) is 18.9 Å². The molecule has 0 aromatic carbocycles. The molecule has 1 amide bonds. The van der Waals surface area contributed by atoms with Crippen LogP contribution in [-0.2, 0) is 0 Å². The average Bonchev–Trinajstić information content (AvgIpc) is 2.47. The Morgan fingerprint density at radius 1 is 1.40 bits per heavy atom. The third-order valence-electron chi connectivity index (χ3n) is 4.08. The minimum atomic E-state index is 0.0837. The maximum atomic E-state index is 12.7. The molecule has 0 spiro atoms. The molecule has 2 rings (SSSR count). The van der Waals surface area contributed by atoms with E-state index in [4.69, 9.17) is 0 Å². The van der Waals surface area contributed by atoms with E-state index in [1.54, 1.807) is 6.20 Å². The summed E-state index contributed by atoms with van der Waals surface area (Å²) in [6, 6.07) is 2.33. The SMILES string of the molecule is CCNc1cc(C)ncc1C(=O)N(C)C1CCCCC1. The van der Waals surface area contributed by atoms with Gasteiger partial charge in [-0.25, -0.2) is 0 Å². The van der Waals surface area contributed by atoms with E-state index >= 15 is 0 Å². The summed E-state index contributed by atoms with van der Waals surface area (Å²) < 4.78 is 0. The number of hydrogen-bond acceptors (Lipinski definition) is 3. The predicted octanol–water partition coefficient (Wildman–Crippen LogP) is 3.23. The topological polar surface area (TPSA) is 45.2 Å². The molecule has 0 radical (unpaired) electrons. The number of anilines is 1. The number of rotatable bonds is 4. The van der Waals surface area contributed by atoms with Crippen molar-refractivity contribution in [3.8, 4) is 0 Å². The third-order valence-corrected chi connectivity index (χ3v) is 4.08. The van der Waals surface area contributed by atoms with E-state index in [2.05, 4.69) is 10.3 Å². The Kier molecular flexibility index (Phi) is 4.99. The maximum Gasteiger partial charge on any atom is 0.257 e. The normalized spacial score (nSPS) is 15.9. The molecule has 0 unspecified atom stereocenters. The van der Waals surface area contributed by atoms with Gasteiger partial charge in [0, 0.05) is 31.5 Å². The zero-order chi connectivity index (χ0) is 14.5. The second kappa shape index (κ2) is 6.73. The van der Waals surface area contributed by atoms with E-state index < -0.39 is 0 Å². The van der Waals surface area contributed by atoms with Crippen LogP contribution >= 0.6 is 0 Å². The largest absolute Gasteiger partial charge is 0.385 e. The molecule has 4 heteroatoms. The van der Waals surface area contributed by atoms with E-state index in [0.717, 1.165) is 30.8 Å². The summed E-state index contributed by atoms with van der Waals surface area (Å²) in [5.74, 6) is 0.0837. The molecule has 0 atom stereocenters. The van der Waals surface area contributed by atoms with Gasteiger partial charge in [0.05, 0.1) is 11.3 Å². The summed E-state index contributed by atoms with van der Waals surface area (Å²) in [6.07, 6.45) is 7.71. The van der Waals surface area contributed by atoms with Crippen molar-refractivity contribution in [2.45, 2.75) is 52.0 Å². The van der Waals surface area contributed by atoms with Crippen molar-refractivity contribution in [2.24, 2.45) is 0 Å². The zero-order valence-corrected chi connectivity index (χ0v) is 12.8. The van der Waals surface area contributed by atoms with Crippen LogP contribution in [0.3, 0.4) is 0 Å². The molecule has 1 aliphatic carbocycles. The van der Waals surface area contributed by atoms with Crippen molar-refractivity contribution in [1.82, 2.24) is 9.88 Å². The minimum Gasteiger partial charge on any atom is -0.385 e. The number of nitrogens with zero attached hydrogens (tertiary/aromatic N) is 2. The van der Waals surface area contributed by atoms with Crippen LogP contribution in [0.1, 0.15) is 55.1 Å². The van der Waals surface area contributed by atoms with Crippen LogP contribution in [-0.4, -0.2) is 35.4 Å². The summed E-state index contributed by atoms with van der Waals surface area (Å²) in [4.78, 5) is 18.9. The highest BCUT2D eigenvalue weighted by Gasteiger charge is 2.24. The van der Waals surface area contributed by atoms with E-state index in [0.29, 0.717) is 11.6 Å². The highest BCUT2D eigenvalue weighted by atomic mass is 16.2. The summed E-state index contributed by atoms with van der Waals surface area (Å²) in [7, 11) is 1.92. The number of pyridine rings is 1. The van der Waals surface area contributed by atoms with Gasteiger partial charge in [-0.05, 0) is 32.8 Å². The van der Waals surface area contributed by atoms with Crippen molar-refractivity contribution in [3.05, 3.63) is 23.5 Å². The second-order valence-electron chi connectivity index (χ2n) is 5.61. The molecule has 20 heavy (non-hydrogen) atoms. The fourth-order valence-corrected chi connectivity index (χ4v) is 2.89. The summed E-state index contributed by atoms with van der Waals surface area (Å²) in [5.41, 5.74) is 2.51. The molecule has 1 aromatic rings. The molecular formula is C16H25N3O. The van der Waals surface area contributed by atoms with Crippen molar-refractivity contribution in [3.63, 3.8) is 0 Å². The maximum absolute atomic E-state index is 12.7. The third kappa shape index (κ3) is 3.30. The molecule has 1 fully saturated rings. The van der Waals surface area contributed by atoms with E-state index in [1.165, 1.54) is 19.3 Å². The molecule has 1 aliphatic rings. The summed E-state index contributed by atoms with van der Waals surface area (Å²) in [6.45, 7) is 4.78. The Bertz CT molecular complexity index is 467. The molecule has 1 saturated carbocycles. The van der Waals surface area contributed by atoms with Gasteiger partial charge in [0.1, 0.15) is 0 Å². The fourth-order valence-electron chi connectivity index (χ4n) is 2.89. The first-order valence-electron chi connectivity index (χ1n) is 7.61. The Morgan fingerprint density at radius 3 is 2.75 bits per heavy atom. The number of hydrogen-bond donors (Lipinski definition) is 1. The zero-order valence-electron chi connectivity index (χ0n) is 12.8. The number of carbonyl (C=O) groups is 1. The highest BCUT2D eigenvalue weighted by molar-refractivity contribution is 5.99. The van der Waals surface area contributed by atoms with Gasteiger partial charge >= 0.3 is 0 Å². The first-order chi connectivity index (χ1) is 9.63. The number of carbonyl (C=O) groups excluding carboxylic acids is 1. The van der Waals surface area contributed by atoms with E-state index in [1.807, 2.05) is 31.9 Å². The lowest BCUT2D eigenvalue weighted by atomic mass is 9.94. The van der Waals surface area contributed by atoms with Gasteiger partial charge in [-0.1, -0.05) is 19.3 Å². The minimum absolute atomic E-state index is 0.0837. The van der Waals surface area contributed by atoms with Gasteiger partial charge in [-0.2, -0.15) is 0 Å². The lowest BCUT2D eigenvalue weighted by Crippen LogP contribution is -2.38. The summed E-state index contributed by atoms with van der Waals surface area (Å²) >= 11 is 0. The molecule has 1 aromatic heterocycles. The van der Waals surface area contributed by atoms with Gasteiger partial charge in [0.25, 0.3) is 5.91 Å². The first-order valence-corrected chi connectivity index (χ1v) is 7.61. The Morgan fingerprint density at radius 2 is 2.10 bits per heavy atom. The van der Waals surface area contributed by atoms with Crippen LogP contribution in [0.2, 0.25) is 0 Å². The molecule has 0 aliphatic heterocycles. The monoisotopic (exact) mass is 275 g/mol. The van der Waals surface area contributed by atoms with Gasteiger partial charge in [0.2, 0.25) is 0 Å². The molecule has 0 saturated heterocycles. The van der Waals surface area contributed by atoms with Crippen LogP contribution in [0.5, 0.6) is 0 Å². The highest BCUT2D eigenvalue weighted by Crippen LogP contribution is 2.24. The van der Waals surface area contributed by atoms with Gasteiger partial charge in [-0.3, -0.25) is 9.78 Å². The Labute approximate surface area is 121 Å². The van der Waals surface area contributed by atoms with Gasteiger partial charge < -0.3 is 10.2 Å². The second-order valence-corrected chi connectivity index (χ2v) is 5.61. The Hall–Kier alpha value is -1.58. The van der Waals surface area contributed by atoms with Crippen molar-refractivity contribution < 1.29 is 4.79 Å². The van der Waals surface area contributed by atoms with Crippen molar-refractivity contribution >= 4 is 11.6 Å². The molecule has 0 bridgehead atoms. The summed E-state index contributed by atoms with van der Waals surface area (Å²) in [5, 5.41) is 3.27. The first kappa shape index (κ1) is 14.8. The van der Waals surface area contributed by atoms with Gasteiger partial charge in [-0.15, -0.1) is 0 Å². The standard InChI is InChI=1S/C16H25N3O/c1-4-17-15-10-12(2)18-11-14(15)16(20)19(3)13-8-6-5-7-9-13/h10-11,13H,4-9H2,1-3H3,(H,17,18). The van der Waals surface area contributed by atoms with Crippen LogP contribution in [0.15, 0.2) is 12.3 Å². The van der Waals surface area contributed by atoms with Crippen LogP contribution < -0.4 is 5.32 Å². The molecular weight excluding hydrogens is 250 g/mol. The predicted molar refractivity (Wildman–Crippen MR) is 82.1 cm³/mol. The number of aryl methyl sites for hydroxylation is 1. The lowest BCUT2D eigenvalue weighted by Gasteiger charge is -2.31. The van der Waals surface area contributed by atoms with Crippen LogP contribution in [0.4, 0.5) is 5.69 Å². The molecule has 1 N–H and O–H groups in total. The quantitative estimate of drug-likeness (QED) is 0.917. The van der Waals surface area contributed by atoms with E-state index in [9.17, 15) is 4.79 Å². The number of amides is 1. The lowest BCUT2D eigenvalue weighted by molar-refractivity contribution is 0.0697.